The lowest BCUT2D eigenvalue weighted by molar-refractivity contribution is 0.0562. The van der Waals surface area contributed by atoms with E-state index in [0.717, 1.165) is 18.2 Å². The Balaban J connectivity index is 1.83. The highest BCUT2D eigenvalue weighted by Gasteiger charge is 2.17. The lowest BCUT2D eigenvalue weighted by atomic mass is 9.89. The average molecular weight is 265 g/mol. The molecule has 4 heteroatoms. The first-order chi connectivity index (χ1) is 9.20. The van der Waals surface area contributed by atoms with Gasteiger partial charge in [-0.05, 0) is 44.4 Å². The van der Waals surface area contributed by atoms with Crippen LogP contribution >= 0.6 is 0 Å². The largest absolute Gasteiger partial charge is 0.463 e. The maximum Gasteiger partial charge on any atom is 0.373 e. The first-order valence-corrected chi connectivity index (χ1v) is 7.12. The Kier molecular flexibility index (Phi) is 5.02. The van der Waals surface area contributed by atoms with Crippen molar-refractivity contribution in [2.75, 3.05) is 13.7 Å². The fraction of sp³-hybridized carbons (Fsp3) is 0.667. The number of carbonyl (C=O) groups is 1. The van der Waals surface area contributed by atoms with Gasteiger partial charge in [-0.1, -0.05) is 19.3 Å². The van der Waals surface area contributed by atoms with Crippen molar-refractivity contribution >= 4 is 5.97 Å². The molecule has 1 fully saturated rings. The molecule has 1 aliphatic carbocycles. The Hall–Kier alpha value is -1.29. The summed E-state index contributed by atoms with van der Waals surface area (Å²) in [5, 5.41) is 3.49. The van der Waals surface area contributed by atoms with E-state index in [1.165, 1.54) is 39.2 Å². The molecule has 106 valence electrons. The molecule has 0 spiro atoms. The standard InChI is InChI=1S/C15H23NO3/c1-11(16-10-12-6-4-3-5-7-12)13-8-9-14(19-13)15(17)18-2/h8-9,11-12,16H,3-7,10H2,1-2H3. The van der Waals surface area contributed by atoms with Gasteiger partial charge in [0.25, 0.3) is 0 Å². The van der Waals surface area contributed by atoms with Crippen LogP contribution in [-0.2, 0) is 4.74 Å². The van der Waals surface area contributed by atoms with Crippen LogP contribution in [0, 0.1) is 5.92 Å². The fourth-order valence-corrected chi connectivity index (χ4v) is 2.63. The molecule has 1 unspecified atom stereocenters. The Labute approximate surface area is 114 Å². The number of hydrogen-bond acceptors (Lipinski definition) is 4. The summed E-state index contributed by atoms with van der Waals surface area (Å²) >= 11 is 0. The molecule has 1 aromatic rings. The lowest BCUT2D eigenvalue weighted by Crippen LogP contribution is -2.26. The van der Waals surface area contributed by atoms with Crippen molar-refractivity contribution in [2.45, 2.75) is 45.1 Å². The van der Waals surface area contributed by atoms with Crippen molar-refractivity contribution < 1.29 is 13.9 Å². The van der Waals surface area contributed by atoms with Gasteiger partial charge in [-0.15, -0.1) is 0 Å². The van der Waals surface area contributed by atoms with E-state index in [-0.39, 0.29) is 11.8 Å². The van der Waals surface area contributed by atoms with Gasteiger partial charge in [0, 0.05) is 0 Å². The second-order valence-corrected chi connectivity index (χ2v) is 5.33. The Bertz CT molecular complexity index is 407. The van der Waals surface area contributed by atoms with Gasteiger partial charge in [0.05, 0.1) is 13.2 Å². The number of methoxy groups -OCH3 is 1. The lowest BCUT2D eigenvalue weighted by Gasteiger charge is -2.23. The predicted octanol–water partition coefficient (Wildman–Crippen LogP) is 3.30. The van der Waals surface area contributed by atoms with Crippen LogP contribution in [0.15, 0.2) is 16.5 Å². The van der Waals surface area contributed by atoms with Crippen molar-refractivity contribution in [1.82, 2.24) is 5.32 Å². The fourth-order valence-electron chi connectivity index (χ4n) is 2.63. The van der Waals surface area contributed by atoms with Gasteiger partial charge in [0.15, 0.2) is 0 Å². The molecule has 0 aromatic carbocycles. The van der Waals surface area contributed by atoms with E-state index in [4.69, 9.17) is 4.42 Å². The molecule has 1 atom stereocenters. The van der Waals surface area contributed by atoms with Crippen LogP contribution in [0.4, 0.5) is 0 Å². The summed E-state index contributed by atoms with van der Waals surface area (Å²) < 4.78 is 10.1. The van der Waals surface area contributed by atoms with Gasteiger partial charge in [-0.25, -0.2) is 4.79 Å². The van der Waals surface area contributed by atoms with Crippen molar-refractivity contribution in [1.29, 1.82) is 0 Å². The summed E-state index contributed by atoms with van der Waals surface area (Å²) in [6.45, 7) is 3.08. The zero-order valence-electron chi connectivity index (χ0n) is 11.8. The minimum Gasteiger partial charge on any atom is -0.463 e. The second kappa shape index (κ2) is 6.75. The van der Waals surface area contributed by atoms with Gasteiger partial charge in [-0.2, -0.15) is 0 Å². The summed E-state index contributed by atoms with van der Waals surface area (Å²) in [5.74, 6) is 1.41. The zero-order valence-corrected chi connectivity index (χ0v) is 11.8. The Morgan fingerprint density at radius 3 is 2.84 bits per heavy atom. The molecular weight excluding hydrogens is 242 g/mol. The van der Waals surface area contributed by atoms with Crippen molar-refractivity contribution in [3.8, 4) is 0 Å². The average Bonchev–Trinajstić information content (AvgIpc) is 2.95. The number of rotatable bonds is 5. The van der Waals surface area contributed by atoms with Crippen LogP contribution in [0.1, 0.15) is 61.4 Å². The van der Waals surface area contributed by atoms with Gasteiger partial charge in [0.2, 0.25) is 5.76 Å². The number of nitrogens with one attached hydrogen (secondary N) is 1. The van der Waals surface area contributed by atoms with E-state index >= 15 is 0 Å². The molecule has 0 saturated heterocycles. The monoisotopic (exact) mass is 265 g/mol. The molecular formula is C15H23NO3. The number of esters is 1. The van der Waals surface area contributed by atoms with Gasteiger partial charge in [0.1, 0.15) is 5.76 Å². The highest BCUT2D eigenvalue weighted by molar-refractivity contribution is 5.86. The second-order valence-electron chi connectivity index (χ2n) is 5.33. The third-order valence-corrected chi connectivity index (χ3v) is 3.88. The van der Waals surface area contributed by atoms with Gasteiger partial charge < -0.3 is 14.5 Å². The molecule has 0 amide bonds. The third kappa shape index (κ3) is 3.83. The molecule has 19 heavy (non-hydrogen) atoms. The summed E-state index contributed by atoms with van der Waals surface area (Å²) in [6, 6.07) is 3.63. The van der Waals surface area contributed by atoms with Crippen molar-refractivity contribution in [3.63, 3.8) is 0 Å². The predicted molar refractivity (Wildman–Crippen MR) is 73.0 cm³/mol. The first-order valence-electron chi connectivity index (χ1n) is 7.12. The molecule has 0 aliphatic heterocycles. The minimum atomic E-state index is -0.425. The van der Waals surface area contributed by atoms with E-state index in [1.807, 2.05) is 6.07 Å². The van der Waals surface area contributed by atoms with Crippen molar-refractivity contribution in [3.05, 3.63) is 23.7 Å². The quantitative estimate of drug-likeness (QED) is 0.830. The normalized spacial score (nSPS) is 18.2. The van der Waals surface area contributed by atoms with Crippen LogP contribution in [-0.4, -0.2) is 19.6 Å². The van der Waals surface area contributed by atoms with E-state index in [0.29, 0.717) is 0 Å². The van der Waals surface area contributed by atoms with Crippen LogP contribution in [0.2, 0.25) is 0 Å². The smallest absolute Gasteiger partial charge is 0.373 e. The maximum atomic E-state index is 11.3. The molecule has 1 aliphatic rings. The SMILES string of the molecule is COC(=O)c1ccc(C(C)NCC2CCCCC2)o1. The number of hydrogen-bond donors (Lipinski definition) is 1. The number of carbonyl (C=O) groups excluding carboxylic acids is 1. The molecule has 1 heterocycles. The number of ether oxygens (including phenoxy) is 1. The van der Waals surface area contributed by atoms with E-state index < -0.39 is 5.97 Å². The van der Waals surface area contributed by atoms with E-state index in [1.54, 1.807) is 6.07 Å². The first kappa shape index (κ1) is 14.1. The van der Waals surface area contributed by atoms with Gasteiger partial charge >= 0.3 is 5.97 Å². The van der Waals surface area contributed by atoms with Crippen LogP contribution in [0.5, 0.6) is 0 Å². The highest BCUT2D eigenvalue weighted by atomic mass is 16.5. The molecule has 1 N–H and O–H groups in total. The third-order valence-electron chi connectivity index (χ3n) is 3.88. The zero-order chi connectivity index (χ0) is 13.7. The Morgan fingerprint density at radius 2 is 2.16 bits per heavy atom. The summed E-state index contributed by atoms with van der Waals surface area (Å²) in [6.07, 6.45) is 6.74. The molecule has 2 rings (SSSR count). The summed E-state index contributed by atoms with van der Waals surface area (Å²) in [5.41, 5.74) is 0. The van der Waals surface area contributed by atoms with E-state index in [2.05, 4.69) is 17.0 Å². The Morgan fingerprint density at radius 1 is 1.42 bits per heavy atom. The van der Waals surface area contributed by atoms with Crippen LogP contribution in [0.25, 0.3) is 0 Å². The molecule has 0 bridgehead atoms. The molecule has 4 nitrogen and oxygen atoms in total. The maximum absolute atomic E-state index is 11.3. The number of furan rings is 1. The molecule has 0 radical (unpaired) electrons. The molecule has 1 aromatic heterocycles. The van der Waals surface area contributed by atoms with Crippen molar-refractivity contribution in [2.24, 2.45) is 5.92 Å². The van der Waals surface area contributed by atoms with E-state index in [9.17, 15) is 4.79 Å². The van der Waals surface area contributed by atoms with Crippen LogP contribution < -0.4 is 5.32 Å². The summed E-state index contributed by atoms with van der Waals surface area (Å²) in [7, 11) is 1.36. The summed E-state index contributed by atoms with van der Waals surface area (Å²) in [4.78, 5) is 11.3. The topological polar surface area (TPSA) is 51.5 Å². The van der Waals surface area contributed by atoms with Crippen LogP contribution in [0.3, 0.4) is 0 Å². The minimum absolute atomic E-state index is 0.125. The highest BCUT2D eigenvalue weighted by Crippen LogP contribution is 2.24. The van der Waals surface area contributed by atoms with Gasteiger partial charge in [-0.3, -0.25) is 0 Å². The molecule has 1 saturated carbocycles.